The number of rotatable bonds is 4. The smallest absolute Gasteiger partial charge is 0.225 e. The van der Waals surface area contributed by atoms with Crippen LogP contribution in [0.5, 0.6) is 0 Å². The van der Waals surface area contributed by atoms with Gasteiger partial charge in [0.25, 0.3) is 0 Å². The summed E-state index contributed by atoms with van der Waals surface area (Å²) < 4.78 is 0. The van der Waals surface area contributed by atoms with Crippen molar-refractivity contribution in [3.63, 3.8) is 0 Å². The van der Waals surface area contributed by atoms with E-state index in [1.807, 2.05) is 0 Å². The van der Waals surface area contributed by atoms with E-state index in [9.17, 15) is 4.79 Å². The average Bonchev–Trinajstić information content (AvgIpc) is 2.25. The monoisotopic (exact) mass is 246 g/mol. The third kappa shape index (κ3) is 2.91. The number of amides is 1. The van der Waals surface area contributed by atoms with Crippen molar-refractivity contribution in [3.8, 4) is 0 Å². The number of hydrogen-bond acceptors (Lipinski definition) is 2. The molecule has 0 radical (unpaired) electrons. The van der Waals surface area contributed by atoms with Crippen molar-refractivity contribution in [2.75, 3.05) is 19.6 Å². The van der Waals surface area contributed by atoms with Crippen molar-refractivity contribution in [1.82, 2.24) is 10.6 Å². The molecule has 2 rings (SSSR count). The van der Waals surface area contributed by atoms with E-state index >= 15 is 0 Å². The molecule has 1 aromatic carbocycles. The number of aryl methyl sites for hydroxylation is 1. The van der Waals surface area contributed by atoms with Crippen LogP contribution in [-0.4, -0.2) is 25.5 Å². The van der Waals surface area contributed by atoms with Crippen molar-refractivity contribution >= 4 is 5.91 Å². The first-order valence-corrected chi connectivity index (χ1v) is 6.54. The largest absolute Gasteiger partial charge is 0.355 e. The van der Waals surface area contributed by atoms with E-state index in [4.69, 9.17) is 0 Å². The van der Waals surface area contributed by atoms with Gasteiger partial charge in [0.1, 0.15) is 0 Å². The van der Waals surface area contributed by atoms with E-state index in [0.29, 0.717) is 6.54 Å². The molecule has 0 saturated carbocycles. The maximum atomic E-state index is 11.8. The minimum atomic E-state index is -0.0272. The minimum Gasteiger partial charge on any atom is -0.355 e. The van der Waals surface area contributed by atoms with Gasteiger partial charge in [-0.3, -0.25) is 4.79 Å². The molecule has 1 saturated heterocycles. The van der Waals surface area contributed by atoms with Gasteiger partial charge in [-0.25, -0.2) is 0 Å². The van der Waals surface area contributed by atoms with Gasteiger partial charge in [-0.05, 0) is 12.5 Å². The van der Waals surface area contributed by atoms with Crippen molar-refractivity contribution < 1.29 is 4.79 Å². The van der Waals surface area contributed by atoms with Crippen LogP contribution in [-0.2, 0) is 10.2 Å². The Morgan fingerprint density at radius 3 is 2.44 bits per heavy atom. The molecule has 0 bridgehead atoms. The summed E-state index contributed by atoms with van der Waals surface area (Å²) in [5, 5.41) is 6.18. The molecule has 1 aromatic rings. The highest BCUT2D eigenvalue weighted by Crippen LogP contribution is 2.22. The Balaban J connectivity index is 1.93. The van der Waals surface area contributed by atoms with E-state index < -0.39 is 0 Å². The van der Waals surface area contributed by atoms with Gasteiger partial charge in [-0.1, -0.05) is 43.7 Å². The fourth-order valence-corrected chi connectivity index (χ4v) is 2.03. The molecular weight excluding hydrogens is 224 g/mol. The molecular formula is C15H22N2O. The molecule has 0 atom stereocenters. The first-order valence-electron chi connectivity index (χ1n) is 6.54. The highest BCUT2D eigenvalue weighted by molar-refractivity contribution is 5.80. The Bertz CT molecular complexity index is 419. The minimum absolute atomic E-state index is 0.0272. The number of nitrogens with one attached hydrogen (secondary N) is 2. The van der Waals surface area contributed by atoms with Crippen molar-refractivity contribution in [3.05, 3.63) is 35.4 Å². The molecule has 1 amide bonds. The molecule has 98 valence electrons. The number of carbonyl (C=O) groups is 1. The van der Waals surface area contributed by atoms with Crippen molar-refractivity contribution in [1.29, 1.82) is 0 Å². The standard InChI is InChI=1S/C15H22N2O/c1-11-4-6-13(7-5-11)15(2,3)10-17-14(18)12-8-16-9-12/h4-7,12,16H,8-10H2,1-3H3,(H,17,18). The maximum Gasteiger partial charge on any atom is 0.225 e. The highest BCUT2D eigenvalue weighted by Gasteiger charge is 2.27. The number of carbonyl (C=O) groups excluding carboxylic acids is 1. The molecule has 1 heterocycles. The summed E-state index contributed by atoms with van der Waals surface area (Å²) >= 11 is 0. The van der Waals surface area contributed by atoms with Crippen LogP contribution in [0.4, 0.5) is 0 Å². The molecule has 0 aromatic heterocycles. The fraction of sp³-hybridized carbons (Fsp3) is 0.533. The van der Waals surface area contributed by atoms with Gasteiger partial charge in [-0.2, -0.15) is 0 Å². The summed E-state index contributed by atoms with van der Waals surface area (Å²) in [5.74, 6) is 0.341. The zero-order chi connectivity index (χ0) is 13.2. The summed E-state index contributed by atoms with van der Waals surface area (Å²) in [5.41, 5.74) is 2.50. The van der Waals surface area contributed by atoms with E-state index in [-0.39, 0.29) is 17.2 Å². The zero-order valence-electron chi connectivity index (χ0n) is 11.4. The summed E-state index contributed by atoms with van der Waals surface area (Å²) in [6.45, 7) is 8.73. The molecule has 0 unspecified atom stereocenters. The van der Waals surface area contributed by atoms with Crippen LogP contribution in [0, 0.1) is 12.8 Å². The molecule has 0 spiro atoms. The predicted octanol–water partition coefficient (Wildman–Crippen LogP) is 1.61. The van der Waals surface area contributed by atoms with E-state index in [2.05, 4.69) is 55.7 Å². The van der Waals surface area contributed by atoms with Crippen LogP contribution in [0.3, 0.4) is 0 Å². The summed E-state index contributed by atoms with van der Waals surface area (Å²) in [6.07, 6.45) is 0. The van der Waals surface area contributed by atoms with Crippen LogP contribution in [0.2, 0.25) is 0 Å². The number of benzene rings is 1. The van der Waals surface area contributed by atoms with E-state index in [1.54, 1.807) is 0 Å². The predicted molar refractivity (Wildman–Crippen MR) is 73.6 cm³/mol. The molecule has 1 aliphatic heterocycles. The lowest BCUT2D eigenvalue weighted by Gasteiger charge is -2.30. The molecule has 1 fully saturated rings. The molecule has 0 aliphatic carbocycles. The van der Waals surface area contributed by atoms with Crippen LogP contribution in [0.1, 0.15) is 25.0 Å². The van der Waals surface area contributed by atoms with Crippen LogP contribution in [0.15, 0.2) is 24.3 Å². The van der Waals surface area contributed by atoms with Crippen LogP contribution < -0.4 is 10.6 Å². The Kier molecular flexibility index (Phi) is 3.71. The number of hydrogen-bond donors (Lipinski definition) is 2. The molecule has 18 heavy (non-hydrogen) atoms. The van der Waals surface area contributed by atoms with Gasteiger partial charge >= 0.3 is 0 Å². The van der Waals surface area contributed by atoms with Gasteiger partial charge in [0.2, 0.25) is 5.91 Å². The van der Waals surface area contributed by atoms with Gasteiger partial charge in [0.15, 0.2) is 0 Å². The zero-order valence-corrected chi connectivity index (χ0v) is 11.4. The lowest BCUT2D eigenvalue weighted by Crippen LogP contribution is -2.52. The Hall–Kier alpha value is -1.35. The Morgan fingerprint density at radius 2 is 1.94 bits per heavy atom. The van der Waals surface area contributed by atoms with Gasteiger partial charge < -0.3 is 10.6 Å². The van der Waals surface area contributed by atoms with E-state index in [1.165, 1.54) is 11.1 Å². The van der Waals surface area contributed by atoms with Crippen LogP contribution in [0.25, 0.3) is 0 Å². The molecule has 1 aliphatic rings. The normalized spacial score (nSPS) is 16.2. The summed E-state index contributed by atoms with van der Waals surface area (Å²) in [6, 6.07) is 8.53. The average molecular weight is 246 g/mol. The third-order valence-corrected chi connectivity index (χ3v) is 3.69. The Morgan fingerprint density at radius 1 is 1.33 bits per heavy atom. The van der Waals surface area contributed by atoms with Gasteiger partial charge in [0.05, 0.1) is 5.92 Å². The van der Waals surface area contributed by atoms with Crippen molar-refractivity contribution in [2.24, 2.45) is 5.92 Å². The lowest BCUT2D eigenvalue weighted by molar-refractivity contribution is -0.126. The molecule has 3 heteroatoms. The second-order valence-corrected chi connectivity index (χ2v) is 5.82. The van der Waals surface area contributed by atoms with Gasteiger partial charge in [-0.15, -0.1) is 0 Å². The lowest BCUT2D eigenvalue weighted by atomic mass is 9.84. The topological polar surface area (TPSA) is 41.1 Å². The Labute approximate surface area is 109 Å². The first kappa shape index (κ1) is 13.1. The quantitative estimate of drug-likeness (QED) is 0.847. The maximum absolute atomic E-state index is 11.8. The van der Waals surface area contributed by atoms with Crippen molar-refractivity contribution in [2.45, 2.75) is 26.2 Å². The summed E-state index contributed by atoms with van der Waals surface area (Å²) in [7, 11) is 0. The third-order valence-electron chi connectivity index (χ3n) is 3.69. The summed E-state index contributed by atoms with van der Waals surface area (Å²) in [4.78, 5) is 11.8. The SMILES string of the molecule is Cc1ccc(C(C)(C)CNC(=O)C2CNC2)cc1. The van der Waals surface area contributed by atoms with Gasteiger partial charge in [0, 0.05) is 25.0 Å². The molecule has 3 nitrogen and oxygen atoms in total. The van der Waals surface area contributed by atoms with Crippen LogP contribution >= 0.6 is 0 Å². The van der Waals surface area contributed by atoms with E-state index in [0.717, 1.165) is 13.1 Å². The molecule has 2 N–H and O–H groups in total. The second-order valence-electron chi connectivity index (χ2n) is 5.82. The second kappa shape index (κ2) is 5.11. The fourth-order valence-electron chi connectivity index (χ4n) is 2.03. The first-order chi connectivity index (χ1) is 8.49. The highest BCUT2D eigenvalue weighted by atomic mass is 16.2.